The van der Waals surface area contributed by atoms with E-state index in [0.717, 1.165) is 5.56 Å². The van der Waals surface area contributed by atoms with Crippen LogP contribution < -0.4 is 0 Å². The van der Waals surface area contributed by atoms with Crippen molar-refractivity contribution in [1.82, 2.24) is 18.8 Å². The quantitative estimate of drug-likeness (QED) is 0.714. The number of hydrogen-bond acceptors (Lipinski definition) is 5. The highest BCUT2D eigenvalue weighted by molar-refractivity contribution is 7.89. The molecule has 0 aliphatic carbocycles. The number of aryl methyl sites for hydroxylation is 2. The molecule has 1 amide bonds. The number of aromatic nitrogens is 2. The summed E-state index contributed by atoms with van der Waals surface area (Å²) in [6.45, 7) is 4.44. The lowest BCUT2D eigenvalue weighted by Crippen LogP contribution is -2.51. The summed E-state index contributed by atoms with van der Waals surface area (Å²) < 4.78 is 34.9. The van der Waals surface area contributed by atoms with Crippen LogP contribution in [-0.2, 0) is 32.0 Å². The molecule has 0 N–H and O–H groups in total. The van der Waals surface area contributed by atoms with Crippen molar-refractivity contribution in [1.29, 1.82) is 0 Å². The molecule has 2 saturated heterocycles. The fraction of sp³-hybridized carbons (Fsp3) is 0.545. The van der Waals surface area contributed by atoms with Crippen molar-refractivity contribution in [2.24, 2.45) is 7.05 Å². The normalized spacial score (nSPS) is 20.4. The molecule has 0 radical (unpaired) electrons. The van der Waals surface area contributed by atoms with E-state index in [4.69, 9.17) is 4.74 Å². The lowest BCUT2D eigenvalue weighted by molar-refractivity contribution is -0.141. The Kier molecular flexibility index (Phi) is 6.18. The zero-order valence-corrected chi connectivity index (χ0v) is 19.0. The SMILES string of the molecule is Cc1nc(S(=O)(=O)N2CCCN(C(=O)C3(c4ccccc4)CCOCC3)CC2)cn1C. The van der Waals surface area contributed by atoms with Gasteiger partial charge in [-0.15, -0.1) is 0 Å². The second-order valence-electron chi connectivity index (χ2n) is 8.35. The molecule has 8 nitrogen and oxygen atoms in total. The van der Waals surface area contributed by atoms with Gasteiger partial charge in [-0.3, -0.25) is 4.79 Å². The second-order valence-corrected chi connectivity index (χ2v) is 10.2. The molecule has 0 spiro atoms. The van der Waals surface area contributed by atoms with E-state index in [1.54, 1.807) is 24.7 Å². The molecule has 3 heterocycles. The summed E-state index contributed by atoms with van der Waals surface area (Å²) in [4.78, 5) is 19.8. The first kappa shape index (κ1) is 22.0. The van der Waals surface area contributed by atoms with Crippen molar-refractivity contribution in [3.8, 4) is 0 Å². The van der Waals surface area contributed by atoms with Crippen molar-refractivity contribution in [3.63, 3.8) is 0 Å². The largest absolute Gasteiger partial charge is 0.381 e. The Morgan fingerprint density at radius 2 is 1.77 bits per heavy atom. The fourth-order valence-corrected chi connectivity index (χ4v) is 6.02. The first-order valence-electron chi connectivity index (χ1n) is 10.8. The van der Waals surface area contributed by atoms with Gasteiger partial charge in [0, 0.05) is 52.6 Å². The Hall–Kier alpha value is -2.23. The molecular formula is C22H30N4O4S. The third-order valence-electron chi connectivity index (χ3n) is 6.51. The molecule has 0 saturated carbocycles. The maximum atomic E-state index is 13.8. The lowest BCUT2D eigenvalue weighted by atomic mass is 9.73. The Balaban J connectivity index is 1.54. The van der Waals surface area contributed by atoms with Gasteiger partial charge < -0.3 is 14.2 Å². The van der Waals surface area contributed by atoms with Crippen LogP contribution in [0.25, 0.3) is 0 Å². The number of benzene rings is 1. The number of hydrogen-bond donors (Lipinski definition) is 0. The van der Waals surface area contributed by atoms with E-state index in [0.29, 0.717) is 57.9 Å². The fourth-order valence-electron chi connectivity index (χ4n) is 4.53. The first-order chi connectivity index (χ1) is 14.8. The summed E-state index contributed by atoms with van der Waals surface area (Å²) >= 11 is 0. The second kappa shape index (κ2) is 8.72. The average molecular weight is 447 g/mol. The summed E-state index contributed by atoms with van der Waals surface area (Å²) in [5.41, 5.74) is 0.409. The van der Waals surface area contributed by atoms with E-state index in [-0.39, 0.29) is 17.5 Å². The maximum absolute atomic E-state index is 13.8. The number of ether oxygens (including phenoxy) is 1. The molecule has 1 aromatic carbocycles. The molecule has 31 heavy (non-hydrogen) atoms. The standard InChI is InChI=1S/C22H30N4O4S/c1-18-23-20(17-24(18)2)31(28,29)26-12-6-11-25(13-14-26)21(27)22(9-15-30-16-10-22)19-7-4-3-5-8-19/h3-5,7-8,17H,6,9-16H2,1-2H3. The Morgan fingerprint density at radius 1 is 1.06 bits per heavy atom. The highest BCUT2D eigenvalue weighted by Crippen LogP contribution is 2.37. The van der Waals surface area contributed by atoms with E-state index in [1.807, 2.05) is 35.2 Å². The highest BCUT2D eigenvalue weighted by atomic mass is 32.2. The van der Waals surface area contributed by atoms with Gasteiger partial charge in [0.2, 0.25) is 5.91 Å². The van der Waals surface area contributed by atoms with Crippen LogP contribution in [0.3, 0.4) is 0 Å². The molecule has 2 aromatic rings. The van der Waals surface area contributed by atoms with Crippen LogP contribution in [0.1, 0.15) is 30.7 Å². The van der Waals surface area contributed by atoms with E-state index in [2.05, 4.69) is 4.98 Å². The Labute approximate surface area is 183 Å². The number of rotatable bonds is 4. The third-order valence-corrected chi connectivity index (χ3v) is 8.29. The van der Waals surface area contributed by atoms with Crippen molar-refractivity contribution in [3.05, 3.63) is 47.9 Å². The summed E-state index contributed by atoms with van der Waals surface area (Å²) in [6, 6.07) is 9.91. The first-order valence-corrected chi connectivity index (χ1v) is 12.2. The monoisotopic (exact) mass is 446 g/mol. The van der Waals surface area contributed by atoms with Crippen LogP contribution in [0.15, 0.2) is 41.6 Å². The number of carbonyl (C=O) groups excluding carboxylic acids is 1. The topological polar surface area (TPSA) is 84.7 Å². The van der Waals surface area contributed by atoms with Crippen LogP contribution in [-0.4, -0.2) is 72.5 Å². The summed E-state index contributed by atoms with van der Waals surface area (Å²) in [6.07, 6.45) is 3.42. The Bertz CT molecular complexity index is 1010. The molecule has 2 aliphatic heterocycles. The molecule has 2 fully saturated rings. The van der Waals surface area contributed by atoms with Crippen molar-refractivity contribution in [2.75, 3.05) is 39.4 Å². The number of imidazole rings is 1. The molecule has 2 aliphatic rings. The average Bonchev–Trinajstić information content (AvgIpc) is 2.99. The van der Waals surface area contributed by atoms with Crippen LogP contribution in [0, 0.1) is 6.92 Å². The van der Waals surface area contributed by atoms with Gasteiger partial charge in [-0.2, -0.15) is 4.31 Å². The van der Waals surface area contributed by atoms with Crippen LogP contribution in [0.5, 0.6) is 0 Å². The molecule has 4 rings (SSSR count). The zero-order chi connectivity index (χ0) is 22.1. The van der Waals surface area contributed by atoms with Crippen molar-refractivity contribution < 1.29 is 17.9 Å². The summed E-state index contributed by atoms with van der Waals surface area (Å²) in [7, 11) is -1.91. The number of carbonyl (C=O) groups is 1. The van der Waals surface area contributed by atoms with Gasteiger partial charge in [-0.1, -0.05) is 30.3 Å². The van der Waals surface area contributed by atoms with Crippen LogP contribution in [0.4, 0.5) is 0 Å². The van der Waals surface area contributed by atoms with Crippen molar-refractivity contribution in [2.45, 2.75) is 36.6 Å². The van der Waals surface area contributed by atoms with E-state index in [1.165, 1.54) is 4.31 Å². The minimum Gasteiger partial charge on any atom is -0.381 e. The molecular weight excluding hydrogens is 416 g/mol. The summed E-state index contributed by atoms with van der Waals surface area (Å²) in [5, 5.41) is 0.0671. The highest BCUT2D eigenvalue weighted by Gasteiger charge is 2.44. The third kappa shape index (κ3) is 4.14. The maximum Gasteiger partial charge on any atom is 0.262 e. The molecule has 1 aromatic heterocycles. The van der Waals surface area contributed by atoms with Crippen LogP contribution in [0.2, 0.25) is 0 Å². The predicted molar refractivity (Wildman–Crippen MR) is 116 cm³/mol. The minimum absolute atomic E-state index is 0.0671. The van der Waals surface area contributed by atoms with E-state index < -0.39 is 15.4 Å². The molecule has 0 bridgehead atoms. The lowest BCUT2D eigenvalue weighted by Gasteiger charge is -2.40. The number of nitrogens with zero attached hydrogens (tertiary/aromatic N) is 4. The molecule has 0 unspecified atom stereocenters. The van der Waals surface area contributed by atoms with Crippen molar-refractivity contribution >= 4 is 15.9 Å². The van der Waals surface area contributed by atoms with Gasteiger partial charge in [-0.05, 0) is 31.7 Å². The van der Waals surface area contributed by atoms with Gasteiger partial charge >= 0.3 is 0 Å². The minimum atomic E-state index is -3.68. The van der Waals surface area contributed by atoms with Gasteiger partial charge in [0.05, 0.1) is 5.41 Å². The smallest absolute Gasteiger partial charge is 0.262 e. The van der Waals surface area contributed by atoms with Gasteiger partial charge in [0.15, 0.2) is 5.03 Å². The molecule has 168 valence electrons. The predicted octanol–water partition coefficient (Wildman–Crippen LogP) is 1.70. The molecule has 0 atom stereocenters. The van der Waals surface area contributed by atoms with Gasteiger partial charge in [-0.25, -0.2) is 13.4 Å². The molecule has 9 heteroatoms. The summed E-state index contributed by atoms with van der Waals surface area (Å²) in [5.74, 6) is 0.726. The van der Waals surface area contributed by atoms with Gasteiger partial charge in [0.1, 0.15) is 5.82 Å². The van der Waals surface area contributed by atoms with Gasteiger partial charge in [0.25, 0.3) is 10.0 Å². The van der Waals surface area contributed by atoms with E-state index >= 15 is 0 Å². The number of amides is 1. The zero-order valence-electron chi connectivity index (χ0n) is 18.2. The van der Waals surface area contributed by atoms with E-state index in [9.17, 15) is 13.2 Å². The van der Waals surface area contributed by atoms with Crippen LogP contribution >= 0.6 is 0 Å². The Morgan fingerprint density at radius 3 is 2.42 bits per heavy atom. The number of sulfonamides is 1.